The van der Waals surface area contributed by atoms with Crippen LogP contribution in [0.15, 0.2) is 29.2 Å². The van der Waals surface area contributed by atoms with Crippen LogP contribution in [0.3, 0.4) is 0 Å². The maximum Gasteiger partial charge on any atom is 0.189 e. The minimum atomic E-state index is -1.34. The van der Waals surface area contributed by atoms with Crippen molar-refractivity contribution in [2.45, 2.75) is 58.0 Å². The summed E-state index contributed by atoms with van der Waals surface area (Å²) in [7, 11) is 0. The van der Waals surface area contributed by atoms with Gasteiger partial charge in [0.15, 0.2) is 11.1 Å². The molecule has 1 saturated carbocycles. The SMILES string of the molecule is Cc1ccc(S(=O)O[C@H]2C[C@@H](C)CC[C@@H]2C(C)C)cc1. The van der Waals surface area contributed by atoms with Crippen molar-refractivity contribution in [1.29, 1.82) is 0 Å². The highest BCUT2D eigenvalue weighted by Gasteiger charge is 2.33. The highest BCUT2D eigenvalue weighted by atomic mass is 32.2. The predicted octanol–water partition coefficient (Wildman–Crippen LogP) is 4.50. The Morgan fingerprint density at radius 3 is 2.45 bits per heavy atom. The molecule has 0 amide bonds. The van der Waals surface area contributed by atoms with Gasteiger partial charge in [0, 0.05) is 0 Å². The topological polar surface area (TPSA) is 26.3 Å². The molecule has 4 atom stereocenters. The Balaban J connectivity index is 2.05. The maximum atomic E-state index is 12.4. The smallest absolute Gasteiger partial charge is 0.189 e. The number of hydrogen-bond acceptors (Lipinski definition) is 2. The number of rotatable bonds is 4. The molecule has 0 heterocycles. The van der Waals surface area contributed by atoms with E-state index in [4.69, 9.17) is 4.18 Å². The molecule has 0 spiro atoms. The van der Waals surface area contributed by atoms with E-state index in [9.17, 15) is 4.21 Å². The lowest BCUT2D eigenvalue weighted by Gasteiger charge is -2.36. The standard InChI is InChI=1S/C17H26O2S/c1-12(2)16-10-7-14(4)11-17(16)19-20(18)15-8-5-13(3)6-9-15/h5-6,8-9,12,14,16-17H,7,10-11H2,1-4H3/t14-,16+,17-,20?/m0/s1. The molecule has 2 nitrogen and oxygen atoms in total. The van der Waals surface area contributed by atoms with E-state index in [1.54, 1.807) is 0 Å². The van der Waals surface area contributed by atoms with Crippen LogP contribution in [0.2, 0.25) is 0 Å². The van der Waals surface area contributed by atoms with Gasteiger partial charge in [0.1, 0.15) is 0 Å². The number of hydrogen-bond donors (Lipinski definition) is 0. The van der Waals surface area contributed by atoms with Gasteiger partial charge in [-0.1, -0.05) is 44.9 Å². The summed E-state index contributed by atoms with van der Waals surface area (Å²) >= 11 is -1.34. The van der Waals surface area contributed by atoms with Gasteiger partial charge in [-0.2, -0.15) is 0 Å². The second-order valence-corrected chi connectivity index (χ2v) is 7.64. The zero-order valence-corrected chi connectivity index (χ0v) is 13.8. The molecule has 0 bridgehead atoms. The van der Waals surface area contributed by atoms with Gasteiger partial charge in [-0.05, 0) is 49.7 Å². The van der Waals surface area contributed by atoms with E-state index in [-0.39, 0.29) is 6.10 Å². The van der Waals surface area contributed by atoms with Crippen molar-refractivity contribution in [3.63, 3.8) is 0 Å². The van der Waals surface area contributed by atoms with Crippen LogP contribution in [0.4, 0.5) is 0 Å². The van der Waals surface area contributed by atoms with Crippen LogP contribution in [0.25, 0.3) is 0 Å². The summed E-state index contributed by atoms with van der Waals surface area (Å²) in [5.41, 5.74) is 1.18. The molecule has 1 fully saturated rings. The van der Waals surface area contributed by atoms with Gasteiger partial charge >= 0.3 is 0 Å². The summed E-state index contributed by atoms with van der Waals surface area (Å²) in [6.45, 7) is 8.78. The van der Waals surface area contributed by atoms with Gasteiger partial charge in [0.2, 0.25) is 0 Å². The summed E-state index contributed by atoms with van der Waals surface area (Å²) in [5, 5.41) is 0. The Hall–Kier alpha value is -0.670. The Labute approximate surface area is 125 Å². The fourth-order valence-electron chi connectivity index (χ4n) is 3.04. The van der Waals surface area contributed by atoms with Crippen molar-refractivity contribution < 1.29 is 8.39 Å². The first-order valence-electron chi connectivity index (χ1n) is 7.63. The Morgan fingerprint density at radius 2 is 1.85 bits per heavy atom. The van der Waals surface area contributed by atoms with Crippen LogP contribution >= 0.6 is 0 Å². The number of aryl methyl sites for hydroxylation is 1. The van der Waals surface area contributed by atoms with E-state index in [1.807, 2.05) is 31.2 Å². The molecule has 0 N–H and O–H groups in total. The quantitative estimate of drug-likeness (QED) is 0.817. The van der Waals surface area contributed by atoms with Crippen LogP contribution in [0.1, 0.15) is 45.6 Å². The van der Waals surface area contributed by atoms with E-state index >= 15 is 0 Å². The second-order valence-electron chi connectivity index (χ2n) is 6.51. The Kier molecular flexibility index (Phi) is 5.39. The minimum Gasteiger partial charge on any atom is -0.283 e. The molecule has 0 aromatic heterocycles. The largest absolute Gasteiger partial charge is 0.283 e. The van der Waals surface area contributed by atoms with Crippen LogP contribution in [0.5, 0.6) is 0 Å². The zero-order valence-electron chi connectivity index (χ0n) is 13.0. The van der Waals surface area contributed by atoms with Crippen molar-refractivity contribution in [3.05, 3.63) is 29.8 Å². The maximum absolute atomic E-state index is 12.4. The summed E-state index contributed by atoms with van der Waals surface area (Å²) < 4.78 is 18.3. The molecular weight excluding hydrogens is 268 g/mol. The van der Waals surface area contributed by atoms with Crippen molar-refractivity contribution in [3.8, 4) is 0 Å². The van der Waals surface area contributed by atoms with E-state index < -0.39 is 11.1 Å². The fraction of sp³-hybridized carbons (Fsp3) is 0.647. The molecule has 1 aromatic rings. The summed E-state index contributed by atoms with van der Waals surface area (Å²) in [6.07, 6.45) is 3.61. The van der Waals surface area contributed by atoms with Gasteiger partial charge < -0.3 is 0 Å². The third-order valence-corrected chi connectivity index (χ3v) is 5.46. The first kappa shape index (κ1) is 15.7. The van der Waals surface area contributed by atoms with Gasteiger partial charge in [-0.25, -0.2) is 4.21 Å². The molecule has 1 aliphatic rings. The molecule has 20 heavy (non-hydrogen) atoms. The molecule has 0 saturated heterocycles. The lowest BCUT2D eigenvalue weighted by atomic mass is 9.75. The average molecular weight is 294 g/mol. The molecule has 0 radical (unpaired) electrons. The van der Waals surface area contributed by atoms with Crippen molar-refractivity contribution in [1.82, 2.24) is 0 Å². The molecule has 112 valence electrons. The molecule has 3 heteroatoms. The summed E-state index contributed by atoms with van der Waals surface area (Å²) in [4.78, 5) is 0.774. The van der Waals surface area contributed by atoms with Gasteiger partial charge in [0.05, 0.1) is 11.0 Å². The van der Waals surface area contributed by atoms with Crippen molar-refractivity contribution >= 4 is 11.1 Å². The highest BCUT2D eigenvalue weighted by molar-refractivity contribution is 7.80. The average Bonchev–Trinajstić information content (AvgIpc) is 2.39. The molecule has 2 rings (SSSR count). The van der Waals surface area contributed by atoms with Crippen LogP contribution in [-0.4, -0.2) is 10.3 Å². The van der Waals surface area contributed by atoms with Crippen LogP contribution < -0.4 is 0 Å². The summed E-state index contributed by atoms with van der Waals surface area (Å²) in [6, 6.07) is 7.78. The summed E-state index contributed by atoms with van der Waals surface area (Å²) in [5.74, 6) is 1.79. The van der Waals surface area contributed by atoms with E-state index in [1.165, 1.54) is 18.4 Å². The van der Waals surface area contributed by atoms with Gasteiger partial charge in [0.25, 0.3) is 0 Å². The molecule has 1 aliphatic carbocycles. The fourth-order valence-corrected chi connectivity index (χ4v) is 3.96. The molecule has 1 unspecified atom stereocenters. The Bertz CT molecular complexity index is 453. The lowest BCUT2D eigenvalue weighted by molar-refractivity contribution is 0.0567. The highest BCUT2D eigenvalue weighted by Crippen LogP contribution is 2.36. The second kappa shape index (κ2) is 6.86. The minimum absolute atomic E-state index is 0.126. The monoisotopic (exact) mass is 294 g/mol. The third kappa shape index (κ3) is 3.92. The van der Waals surface area contributed by atoms with Crippen LogP contribution in [0, 0.1) is 24.7 Å². The third-order valence-electron chi connectivity index (χ3n) is 4.39. The number of benzene rings is 1. The van der Waals surface area contributed by atoms with E-state index in [0.29, 0.717) is 17.8 Å². The first-order chi connectivity index (χ1) is 9.47. The van der Waals surface area contributed by atoms with Crippen molar-refractivity contribution in [2.75, 3.05) is 0 Å². The molecular formula is C17H26O2S. The van der Waals surface area contributed by atoms with E-state index in [2.05, 4.69) is 20.8 Å². The first-order valence-corrected chi connectivity index (χ1v) is 8.70. The molecule has 1 aromatic carbocycles. The Morgan fingerprint density at radius 1 is 1.20 bits per heavy atom. The predicted molar refractivity (Wildman–Crippen MR) is 83.8 cm³/mol. The normalized spacial score (nSPS) is 28.6. The van der Waals surface area contributed by atoms with Crippen molar-refractivity contribution in [2.24, 2.45) is 17.8 Å². The van der Waals surface area contributed by atoms with Gasteiger partial charge in [-0.3, -0.25) is 4.18 Å². The van der Waals surface area contributed by atoms with Crippen LogP contribution in [-0.2, 0) is 15.3 Å². The van der Waals surface area contributed by atoms with Gasteiger partial charge in [-0.15, -0.1) is 0 Å². The molecule has 0 aliphatic heterocycles. The van der Waals surface area contributed by atoms with E-state index in [0.717, 1.165) is 11.3 Å². The zero-order chi connectivity index (χ0) is 14.7. The lowest BCUT2D eigenvalue weighted by Crippen LogP contribution is -2.34.